The van der Waals surface area contributed by atoms with Crippen molar-refractivity contribution in [1.82, 2.24) is 0 Å². The molecule has 1 rings (SSSR count). The second kappa shape index (κ2) is 5.08. The van der Waals surface area contributed by atoms with E-state index < -0.39 is 0 Å². The molecule has 0 aromatic heterocycles. The van der Waals surface area contributed by atoms with Crippen LogP contribution in [0.2, 0.25) is 5.02 Å². The predicted octanol–water partition coefficient (Wildman–Crippen LogP) is 1.99. The maximum Gasteiger partial charge on any atom is 0.162 e. The first-order valence-corrected chi connectivity index (χ1v) is 4.74. The topological polar surface area (TPSA) is 44.5 Å². The zero-order valence-corrected chi connectivity index (χ0v) is 9.10. The standard InChI is InChI=1S/C10H14ClNO2/c1-7-5-9(13-2)10(6-8(7)11)14-4-3-12/h5-6H,3-4,12H2,1-2H3. The third kappa shape index (κ3) is 2.53. The molecule has 14 heavy (non-hydrogen) atoms. The molecule has 0 aliphatic carbocycles. The lowest BCUT2D eigenvalue weighted by molar-refractivity contribution is 0.302. The average Bonchev–Trinajstić information content (AvgIpc) is 2.19. The molecule has 0 spiro atoms. The smallest absolute Gasteiger partial charge is 0.162 e. The molecule has 0 amide bonds. The Balaban J connectivity index is 2.95. The van der Waals surface area contributed by atoms with Crippen molar-refractivity contribution in [2.75, 3.05) is 20.3 Å². The summed E-state index contributed by atoms with van der Waals surface area (Å²) in [7, 11) is 1.60. The highest BCUT2D eigenvalue weighted by Crippen LogP contribution is 2.32. The van der Waals surface area contributed by atoms with Crippen LogP contribution in [-0.4, -0.2) is 20.3 Å². The Morgan fingerprint density at radius 3 is 2.64 bits per heavy atom. The van der Waals surface area contributed by atoms with Gasteiger partial charge in [0.1, 0.15) is 6.61 Å². The normalized spacial score (nSPS) is 10.0. The van der Waals surface area contributed by atoms with Gasteiger partial charge in [0, 0.05) is 17.6 Å². The van der Waals surface area contributed by atoms with Crippen LogP contribution < -0.4 is 15.2 Å². The van der Waals surface area contributed by atoms with Gasteiger partial charge in [-0.2, -0.15) is 0 Å². The second-order valence-corrected chi connectivity index (χ2v) is 3.30. The van der Waals surface area contributed by atoms with E-state index in [1.54, 1.807) is 13.2 Å². The summed E-state index contributed by atoms with van der Waals surface area (Å²) >= 11 is 5.95. The SMILES string of the molecule is COc1cc(C)c(Cl)cc1OCCN. The number of aryl methyl sites for hydroxylation is 1. The van der Waals surface area contributed by atoms with Gasteiger partial charge in [0.2, 0.25) is 0 Å². The van der Waals surface area contributed by atoms with Gasteiger partial charge in [-0.3, -0.25) is 0 Å². The molecule has 2 N–H and O–H groups in total. The monoisotopic (exact) mass is 215 g/mol. The number of nitrogens with two attached hydrogens (primary N) is 1. The highest BCUT2D eigenvalue weighted by atomic mass is 35.5. The van der Waals surface area contributed by atoms with E-state index in [4.69, 9.17) is 26.8 Å². The Hall–Kier alpha value is -0.930. The first-order chi connectivity index (χ1) is 6.69. The fraction of sp³-hybridized carbons (Fsp3) is 0.400. The molecule has 0 saturated carbocycles. The quantitative estimate of drug-likeness (QED) is 0.836. The molecule has 0 fully saturated rings. The van der Waals surface area contributed by atoms with Crippen molar-refractivity contribution in [1.29, 1.82) is 0 Å². The van der Waals surface area contributed by atoms with Gasteiger partial charge in [0.25, 0.3) is 0 Å². The Morgan fingerprint density at radius 1 is 1.36 bits per heavy atom. The minimum absolute atomic E-state index is 0.454. The number of hydrogen-bond donors (Lipinski definition) is 1. The summed E-state index contributed by atoms with van der Waals surface area (Å²) in [6.45, 7) is 2.84. The predicted molar refractivity (Wildman–Crippen MR) is 57.3 cm³/mol. The molecule has 0 saturated heterocycles. The molecule has 0 unspecified atom stereocenters. The minimum atomic E-state index is 0.454. The van der Waals surface area contributed by atoms with Gasteiger partial charge in [-0.15, -0.1) is 0 Å². The van der Waals surface area contributed by atoms with Crippen molar-refractivity contribution in [3.05, 3.63) is 22.7 Å². The molecule has 1 aromatic rings. The van der Waals surface area contributed by atoms with E-state index in [1.807, 2.05) is 13.0 Å². The van der Waals surface area contributed by atoms with Gasteiger partial charge in [0.15, 0.2) is 11.5 Å². The largest absolute Gasteiger partial charge is 0.493 e. The third-order valence-electron chi connectivity index (χ3n) is 1.82. The van der Waals surface area contributed by atoms with E-state index >= 15 is 0 Å². The van der Waals surface area contributed by atoms with Crippen molar-refractivity contribution >= 4 is 11.6 Å². The number of rotatable bonds is 4. The summed E-state index contributed by atoms with van der Waals surface area (Å²) in [5, 5.41) is 0.665. The highest BCUT2D eigenvalue weighted by molar-refractivity contribution is 6.31. The summed E-state index contributed by atoms with van der Waals surface area (Å²) in [4.78, 5) is 0. The molecule has 0 aliphatic rings. The molecule has 3 nitrogen and oxygen atoms in total. The molecule has 4 heteroatoms. The molecule has 0 radical (unpaired) electrons. The van der Waals surface area contributed by atoms with Crippen molar-refractivity contribution in [3.8, 4) is 11.5 Å². The highest BCUT2D eigenvalue weighted by Gasteiger charge is 2.07. The van der Waals surface area contributed by atoms with E-state index in [2.05, 4.69) is 0 Å². The summed E-state index contributed by atoms with van der Waals surface area (Å²) in [5.74, 6) is 1.31. The van der Waals surface area contributed by atoms with E-state index in [1.165, 1.54) is 0 Å². The van der Waals surface area contributed by atoms with E-state index in [-0.39, 0.29) is 0 Å². The van der Waals surface area contributed by atoms with Crippen LogP contribution >= 0.6 is 11.6 Å². The van der Waals surface area contributed by atoms with E-state index in [0.29, 0.717) is 29.7 Å². The Bertz CT molecular complexity index is 315. The third-order valence-corrected chi connectivity index (χ3v) is 2.23. The zero-order valence-electron chi connectivity index (χ0n) is 8.34. The summed E-state index contributed by atoms with van der Waals surface area (Å²) in [6, 6.07) is 3.58. The van der Waals surface area contributed by atoms with Crippen molar-refractivity contribution in [2.45, 2.75) is 6.92 Å². The lowest BCUT2D eigenvalue weighted by Gasteiger charge is -2.11. The van der Waals surface area contributed by atoms with Crippen LogP contribution in [-0.2, 0) is 0 Å². The molecule has 0 heterocycles. The van der Waals surface area contributed by atoms with Crippen molar-refractivity contribution < 1.29 is 9.47 Å². The van der Waals surface area contributed by atoms with E-state index in [9.17, 15) is 0 Å². The van der Waals surface area contributed by atoms with Gasteiger partial charge in [-0.05, 0) is 18.6 Å². The van der Waals surface area contributed by atoms with Crippen LogP contribution in [0.5, 0.6) is 11.5 Å². The van der Waals surface area contributed by atoms with Gasteiger partial charge < -0.3 is 15.2 Å². The lowest BCUT2D eigenvalue weighted by Crippen LogP contribution is -2.11. The lowest BCUT2D eigenvalue weighted by atomic mass is 10.2. The van der Waals surface area contributed by atoms with Crippen LogP contribution in [0.1, 0.15) is 5.56 Å². The minimum Gasteiger partial charge on any atom is -0.493 e. The van der Waals surface area contributed by atoms with Crippen LogP contribution in [0.25, 0.3) is 0 Å². The average molecular weight is 216 g/mol. The van der Waals surface area contributed by atoms with Gasteiger partial charge in [-0.25, -0.2) is 0 Å². The molecule has 0 aliphatic heterocycles. The summed E-state index contributed by atoms with van der Waals surface area (Å²) in [5.41, 5.74) is 6.30. The molecular weight excluding hydrogens is 202 g/mol. The Morgan fingerprint density at radius 2 is 2.07 bits per heavy atom. The number of ether oxygens (including phenoxy) is 2. The zero-order chi connectivity index (χ0) is 10.6. The van der Waals surface area contributed by atoms with Crippen LogP contribution in [0.15, 0.2) is 12.1 Å². The maximum atomic E-state index is 5.95. The van der Waals surface area contributed by atoms with Gasteiger partial charge in [0.05, 0.1) is 7.11 Å². The summed E-state index contributed by atoms with van der Waals surface area (Å²) < 4.78 is 10.5. The molecule has 1 aromatic carbocycles. The van der Waals surface area contributed by atoms with Gasteiger partial charge in [-0.1, -0.05) is 11.6 Å². The van der Waals surface area contributed by atoms with Crippen LogP contribution in [0, 0.1) is 6.92 Å². The second-order valence-electron chi connectivity index (χ2n) is 2.89. The van der Waals surface area contributed by atoms with Gasteiger partial charge >= 0.3 is 0 Å². The maximum absolute atomic E-state index is 5.95. The first kappa shape index (κ1) is 11.1. The Labute approximate surface area is 88.8 Å². The van der Waals surface area contributed by atoms with E-state index in [0.717, 1.165) is 5.56 Å². The molecule has 0 atom stereocenters. The Kier molecular flexibility index (Phi) is 4.04. The van der Waals surface area contributed by atoms with Crippen molar-refractivity contribution in [2.24, 2.45) is 5.73 Å². The first-order valence-electron chi connectivity index (χ1n) is 4.36. The molecule has 78 valence electrons. The van der Waals surface area contributed by atoms with Crippen LogP contribution in [0.3, 0.4) is 0 Å². The number of hydrogen-bond acceptors (Lipinski definition) is 3. The van der Waals surface area contributed by atoms with Crippen LogP contribution in [0.4, 0.5) is 0 Å². The fourth-order valence-electron chi connectivity index (χ4n) is 1.08. The molecule has 0 bridgehead atoms. The number of benzene rings is 1. The molecular formula is C10H14ClNO2. The van der Waals surface area contributed by atoms with Crippen molar-refractivity contribution in [3.63, 3.8) is 0 Å². The fourth-order valence-corrected chi connectivity index (χ4v) is 1.23. The summed E-state index contributed by atoms with van der Waals surface area (Å²) in [6.07, 6.45) is 0. The number of halogens is 1. The number of methoxy groups -OCH3 is 1.